The van der Waals surface area contributed by atoms with Crippen molar-refractivity contribution in [2.24, 2.45) is 0 Å². The second kappa shape index (κ2) is 7.36. The number of aryl methyl sites for hydroxylation is 1. The fraction of sp³-hybridized carbons (Fsp3) is 0.538. The van der Waals surface area contributed by atoms with Gasteiger partial charge in [-0.25, -0.2) is 4.98 Å². The van der Waals surface area contributed by atoms with Gasteiger partial charge in [0.25, 0.3) is 0 Å². The number of pyridine rings is 1. The Morgan fingerprint density at radius 2 is 2.22 bits per heavy atom. The van der Waals surface area contributed by atoms with Crippen LogP contribution in [-0.2, 0) is 9.53 Å². The van der Waals surface area contributed by atoms with Gasteiger partial charge in [0.15, 0.2) is 0 Å². The van der Waals surface area contributed by atoms with Crippen molar-refractivity contribution in [3.05, 3.63) is 22.3 Å². The molecule has 100 valence electrons. The lowest BCUT2D eigenvalue weighted by Crippen LogP contribution is -2.32. The quantitative estimate of drug-likeness (QED) is 0.757. The number of halogens is 1. The van der Waals surface area contributed by atoms with Gasteiger partial charge in [0.2, 0.25) is 0 Å². The molecule has 0 atom stereocenters. The predicted octanol–water partition coefficient (Wildman–Crippen LogP) is 2.93. The van der Waals surface area contributed by atoms with E-state index in [0.29, 0.717) is 6.61 Å². The van der Waals surface area contributed by atoms with Crippen molar-refractivity contribution >= 4 is 27.7 Å². The van der Waals surface area contributed by atoms with Crippen LogP contribution in [0.1, 0.15) is 25.8 Å². The fourth-order valence-electron chi connectivity index (χ4n) is 1.64. The van der Waals surface area contributed by atoms with Crippen molar-refractivity contribution in [1.82, 2.24) is 4.98 Å². The summed E-state index contributed by atoms with van der Waals surface area (Å²) in [6.45, 7) is 7.29. The molecule has 4 nitrogen and oxygen atoms in total. The first-order valence-electron chi connectivity index (χ1n) is 6.11. The molecule has 0 aromatic carbocycles. The van der Waals surface area contributed by atoms with E-state index in [4.69, 9.17) is 4.74 Å². The van der Waals surface area contributed by atoms with Gasteiger partial charge in [-0.05, 0) is 47.8 Å². The average molecular weight is 315 g/mol. The van der Waals surface area contributed by atoms with Gasteiger partial charge >= 0.3 is 5.97 Å². The number of hydrogen-bond acceptors (Lipinski definition) is 4. The number of carbonyl (C=O) groups excluding carboxylic acids is 1. The van der Waals surface area contributed by atoms with Gasteiger partial charge in [-0.3, -0.25) is 4.79 Å². The zero-order valence-electron chi connectivity index (χ0n) is 11.1. The first kappa shape index (κ1) is 15.0. The minimum atomic E-state index is -0.221. The Balaban J connectivity index is 2.90. The minimum absolute atomic E-state index is 0.221. The molecule has 5 heteroatoms. The molecule has 1 rings (SSSR count). The largest absolute Gasteiger partial charge is 0.465 e. The van der Waals surface area contributed by atoms with Crippen LogP contribution in [0.25, 0.3) is 0 Å². The van der Waals surface area contributed by atoms with E-state index >= 15 is 0 Å². The highest BCUT2D eigenvalue weighted by Crippen LogP contribution is 2.26. The SMILES string of the molecule is CCCN(CC(=O)OCC)c1nccc(C)c1Br. The van der Waals surface area contributed by atoms with E-state index in [-0.39, 0.29) is 12.5 Å². The Bertz CT molecular complexity index is 410. The monoisotopic (exact) mass is 314 g/mol. The molecule has 0 bridgehead atoms. The summed E-state index contributed by atoms with van der Waals surface area (Å²) in [5.41, 5.74) is 1.10. The fourth-order valence-corrected chi connectivity index (χ4v) is 2.12. The zero-order chi connectivity index (χ0) is 13.5. The molecule has 0 spiro atoms. The molecule has 0 aliphatic carbocycles. The van der Waals surface area contributed by atoms with Gasteiger partial charge in [-0.15, -0.1) is 0 Å². The normalized spacial score (nSPS) is 10.2. The van der Waals surface area contributed by atoms with Gasteiger partial charge < -0.3 is 9.64 Å². The van der Waals surface area contributed by atoms with E-state index in [1.165, 1.54) is 0 Å². The number of aromatic nitrogens is 1. The van der Waals surface area contributed by atoms with E-state index in [1.54, 1.807) is 6.20 Å². The highest BCUT2D eigenvalue weighted by atomic mass is 79.9. The van der Waals surface area contributed by atoms with Crippen LogP contribution >= 0.6 is 15.9 Å². The molecule has 0 saturated heterocycles. The van der Waals surface area contributed by atoms with Crippen LogP contribution in [0.4, 0.5) is 5.82 Å². The van der Waals surface area contributed by atoms with Crippen LogP contribution < -0.4 is 4.90 Å². The molecule has 0 saturated carbocycles. The highest BCUT2D eigenvalue weighted by Gasteiger charge is 2.16. The topological polar surface area (TPSA) is 42.4 Å². The Labute approximate surface area is 116 Å². The maximum absolute atomic E-state index is 11.6. The lowest BCUT2D eigenvalue weighted by molar-refractivity contribution is -0.141. The van der Waals surface area contributed by atoms with E-state index < -0.39 is 0 Å². The second-order valence-corrected chi connectivity index (χ2v) is 4.79. The van der Waals surface area contributed by atoms with Crippen LogP contribution in [0.2, 0.25) is 0 Å². The summed E-state index contributed by atoms with van der Waals surface area (Å²) in [6.07, 6.45) is 2.70. The lowest BCUT2D eigenvalue weighted by Gasteiger charge is -2.23. The van der Waals surface area contributed by atoms with Gasteiger partial charge in [-0.1, -0.05) is 6.92 Å². The van der Waals surface area contributed by atoms with Crippen LogP contribution in [0.3, 0.4) is 0 Å². The summed E-state index contributed by atoms with van der Waals surface area (Å²) in [5, 5.41) is 0. The summed E-state index contributed by atoms with van der Waals surface area (Å²) < 4.78 is 5.92. The van der Waals surface area contributed by atoms with Gasteiger partial charge in [0.1, 0.15) is 12.4 Å². The minimum Gasteiger partial charge on any atom is -0.465 e. The molecule has 1 aromatic rings. The second-order valence-electron chi connectivity index (χ2n) is 3.99. The molecule has 0 aliphatic heterocycles. The van der Waals surface area contributed by atoms with E-state index in [0.717, 1.165) is 28.8 Å². The third kappa shape index (κ3) is 3.98. The number of esters is 1. The van der Waals surface area contributed by atoms with Crippen molar-refractivity contribution in [2.75, 3.05) is 24.6 Å². The molecule has 18 heavy (non-hydrogen) atoms. The van der Waals surface area contributed by atoms with E-state index in [1.807, 2.05) is 24.8 Å². The van der Waals surface area contributed by atoms with Gasteiger partial charge in [0.05, 0.1) is 11.1 Å². The maximum Gasteiger partial charge on any atom is 0.325 e. The molecule has 0 aliphatic rings. The van der Waals surface area contributed by atoms with Crippen molar-refractivity contribution in [3.8, 4) is 0 Å². The van der Waals surface area contributed by atoms with Gasteiger partial charge in [0, 0.05) is 12.7 Å². The predicted molar refractivity (Wildman–Crippen MR) is 75.8 cm³/mol. The molecule has 1 aromatic heterocycles. The summed E-state index contributed by atoms with van der Waals surface area (Å²) in [7, 11) is 0. The Morgan fingerprint density at radius 3 is 2.83 bits per heavy atom. The van der Waals surface area contributed by atoms with Crippen molar-refractivity contribution in [1.29, 1.82) is 0 Å². The number of carbonyl (C=O) groups is 1. The summed E-state index contributed by atoms with van der Waals surface area (Å²) in [5.74, 6) is 0.575. The van der Waals surface area contributed by atoms with Crippen molar-refractivity contribution in [3.63, 3.8) is 0 Å². The number of rotatable bonds is 6. The maximum atomic E-state index is 11.6. The molecule has 0 unspecified atom stereocenters. The molecular weight excluding hydrogens is 296 g/mol. The van der Waals surface area contributed by atoms with Crippen LogP contribution in [0.15, 0.2) is 16.7 Å². The highest BCUT2D eigenvalue weighted by molar-refractivity contribution is 9.10. The average Bonchev–Trinajstić information content (AvgIpc) is 2.32. The number of ether oxygens (including phenoxy) is 1. The molecule has 0 N–H and O–H groups in total. The molecule has 0 amide bonds. The molecular formula is C13H19BrN2O2. The first-order chi connectivity index (χ1) is 8.60. The van der Waals surface area contributed by atoms with E-state index in [2.05, 4.69) is 27.8 Å². The molecule has 1 heterocycles. The molecule has 0 fully saturated rings. The standard InChI is InChI=1S/C13H19BrN2O2/c1-4-8-16(9-11(17)18-5-2)13-12(14)10(3)6-7-15-13/h6-7H,4-5,8-9H2,1-3H3. The lowest BCUT2D eigenvalue weighted by atomic mass is 10.3. The number of anilines is 1. The van der Waals surface area contributed by atoms with Crippen LogP contribution in [-0.4, -0.2) is 30.6 Å². The van der Waals surface area contributed by atoms with Crippen molar-refractivity contribution < 1.29 is 9.53 Å². The Kier molecular flexibility index (Phi) is 6.12. The smallest absolute Gasteiger partial charge is 0.325 e. The number of hydrogen-bond donors (Lipinski definition) is 0. The number of nitrogens with zero attached hydrogens (tertiary/aromatic N) is 2. The van der Waals surface area contributed by atoms with E-state index in [9.17, 15) is 4.79 Å². The Hall–Kier alpha value is -1.10. The first-order valence-corrected chi connectivity index (χ1v) is 6.91. The Morgan fingerprint density at radius 1 is 1.50 bits per heavy atom. The van der Waals surface area contributed by atoms with Crippen LogP contribution in [0.5, 0.6) is 0 Å². The summed E-state index contributed by atoms with van der Waals surface area (Å²) in [4.78, 5) is 17.9. The zero-order valence-corrected chi connectivity index (χ0v) is 12.7. The van der Waals surface area contributed by atoms with Crippen molar-refractivity contribution in [2.45, 2.75) is 27.2 Å². The third-order valence-corrected chi connectivity index (χ3v) is 3.46. The third-order valence-electron chi connectivity index (χ3n) is 2.48. The summed E-state index contributed by atoms with van der Waals surface area (Å²) >= 11 is 3.52. The van der Waals surface area contributed by atoms with Gasteiger partial charge in [-0.2, -0.15) is 0 Å². The molecule has 0 radical (unpaired) electrons. The summed E-state index contributed by atoms with van der Waals surface area (Å²) in [6, 6.07) is 1.93. The van der Waals surface area contributed by atoms with Crippen LogP contribution in [0, 0.1) is 6.92 Å².